The van der Waals surface area contributed by atoms with Crippen LogP contribution in [0.25, 0.3) is 0 Å². The van der Waals surface area contributed by atoms with Crippen molar-refractivity contribution in [2.24, 2.45) is 17.2 Å². The molecule has 2 nitrogen and oxygen atoms in total. The zero-order chi connectivity index (χ0) is 13.3. The van der Waals surface area contributed by atoms with Crippen molar-refractivity contribution in [1.29, 1.82) is 0 Å². The van der Waals surface area contributed by atoms with E-state index in [0.29, 0.717) is 10.9 Å². The molecule has 1 aliphatic carbocycles. The predicted octanol–water partition coefficient (Wildman–Crippen LogP) is 4.32. The van der Waals surface area contributed by atoms with Crippen LogP contribution in [0.3, 0.4) is 0 Å². The van der Waals surface area contributed by atoms with Gasteiger partial charge in [0.1, 0.15) is 0 Å². The minimum atomic E-state index is 0.0636. The van der Waals surface area contributed by atoms with Gasteiger partial charge in [0.2, 0.25) is 0 Å². The highest BCUT2D eigenvalue weighted by atomic mass is 35.5. The summed E-state index contributed by atoms with van der Waals surface area (Å²) in [5.41, 5.74) is 4.23. The van der Waals surface area contributed by atoms with Gasteiger partial charge >= 0.3 is 0 Å². The number of rotatable bonds is 3. The van der Waals surface area contributed by atoms with Crippen LogP contribution >= 0.6 is 23.2 Å². The summed E-state index contributed by atoms with van der Waals surface area (Å²) in [4.78, 5) is 0. The van der Waals surface area contributed by atoms with E-state index in [9.17, 15) is 0 Å². The van der Waals surface area contributed by atoms with Gasteiger partial charge in [-0.05, 0) is 47.9 Å². The third kappa shape index (κ3) is 2.67. The fourth-order valence-electron chi connectivity index (χ4n) is 3.15. The van der Waals surface area contributed by atoms with E-state index in [1.54, 1.807) is 6.07 Å². The Kier molecular flexibility index (Phi) is 4.22. The van der Waals surface area contributed by atoms with E-state index in [2.05, 4.69) is 19.3 Å². The number of halogens is 2. The summed E-state index contributed by atoms with van der Waals surface area (Å²) in [6.45, 7) is 4.60. The van der Waals surface area contributed by atoms with Crippen molar-refractivity contribution in [3.05, 3.63) is 33.8 Å². The number of hydrogen-bond acceptors (Lipinski definition) is 2. The van der Waals surface area contributed by atoms with Crippen LogP contribution in [-0.2, 0) is 0 Å². The number of hydrogen-bond donors (Lipinski definition) is 2. The molecule has 3 N–H and O–H groups in total. The average Bonchev–Trinajstić information content (AvgIpc) is 2.65. The van der Waals surface area contributed by atoms with Crippen LogP contribution in [0.1, 0.15) is 44.7 Å². The van der Waals surface area contributed by atoms with Crippen molar-refractivity contribution in [1.82, 2.24) is 5.43 Å². The summed E-state index contributed by atoms with van der Waals surface area (Å²) in [6, 6.07) is 5.63. The van der Waals surface area contributed by atoms with E-state index in [1.807, 2.05) is 12.1 Å². The summed E-state index contributed by atoms with van der Waals surface area (Å²) in [6.07, 6.45) is 3.65. The Labute approximate surface area is 119 Å². The number of nitrogens with one attached hydrogen (secondary N) is 1. The predicted molar refractivity (Wildman–Crippen MR) is 77.6 cm³/mol. The quantitative estimate of drug-likeness (QED) is 0.641. The largest absolute Gasteiger partial charge is 0.271 e. The van der Waals surface area contributed by atoms with E-state index in [1.165, 1.54) is 19.3 Å². The molecule has 0 bridgehead atoms. The zero-order valence-corrected chi connectivity index (χ0v) is 12.4. The maximum Gasteiger partial charge on any atom is 0.0508 e. The summed E-state index contributed by atoms with van der Waals surface area (Å²) < 4.78 is 0. The molecule has 0 spiro atoms. The molecule has 1 saturated carbocycles. The Hall–Kier alpha value is -0.280. The molecule has 2 rings (SSSR count). The lowest BCUT2D eigenvalue weighted by molar-refractivity contribution is 0.198. The Morgan fingerprint density at radius 2 is 2.11 bits per heavy atom. The van der Waals surface area contributed by atoms with E-state index >= 15 is 0 Å². The number of nitrogens with two attached hydrogens (primary N) is 1. The topological polar surface area (TPSA) is 38.0 Å². The lowest BCUT2D eigenvalue weighted by Crippen LogP contribution is -2.37. The fourth-order valence-corrected chi connectivity index (χ4v) is 3.56. The van der Waals surface area contributed by atoms with Gasteiger partial charge in [0.25, 0.3) is 0 Å². The van der Waals surface area contributed by atoms with Gasteiger partial charge in [-0.2, -0.15) is 0 Å². The molecular weight excluding hydrogens is 267 g/mol. The molecule has 0 heterocycles. The van der Waals surface area contributed by atoms with Crippen molar-refractivity contribution in [2.75, 3.05) is 0 Å². The SMILES string of the molecule is CC1(C)CCCC1C(NN)c1cc(Cl)ccc1Cl. The highest BCUT2D eigenvalue weighted by molar-refractivity contribution is 6.33. The van der Waals surface area contributed by atoms with Crippen molar-refractivity contribution < 1.29 is 0 Å². The molecule has 1 fully saturated rings. The van der Waals surface area contributed by atoms with Crippen LogP contribution in [0.2, 0.25) is 10.0 Å². The highest BCUT2D eigenvalue weighted by Gasteiger charge is 2.40. The van der Waals surface area contributed by atoms with Crippen LogP contribution in [0.4, 0.5) is 0 Å². The second kappa shape index (κ2) is 5.38. The molecular formula is C14H20Cl2N2. The van der Waals surface area contributed by atoms with Gasteiger partial charge in [-0.3, -0.25) is 11.3 Å². The monoisotopic (exact) mass is 286 g/mol. The molecule has 1 aromatic carbocycles. The molecule has 2 unspecified atom stereocenters. The molecule has 4 heteroatoms. The molecule has 0 aliphatic heterocycles. The minimum Gasteiger partial charge on any atom is -0.271 e. The summed E-state index contributed by atoms with van der Waals surface area (Å²) >= 11 is 12.4. The van der Waals surface area contributed by atoms with Crippen LogP contribution in [0, 0.1) is 11.3 Å². The highest BCUT2D eigenvalue weighted by Crippen LogP contribution is 2.49. The molecule has 1 aliphatic rings. The van der Waals surface area contributed by atoms with Crippen LogP contribution < -0.4 is 11.3 Å². The molecule has 18 heavy (non-hydrogen) atoms. The Balaban J connectivity index is 2.36. The number of benzene rings is 1. The summed E-state index contributed by atoms with van der Waals surface area (Å²) in [7, 11) is 0. The second-order valence-electron chi connectivity index (χ2n) is 5.80. The lowest BCUT2D eigenvalue weighted by Gasteiger charge is -2.34. The van der Waals surface area contributed by atoms with Gasteiger partial charge < -0.3 is 0 Å². The van der Waals surface area contributed by atoms with Crippen LogP contribution in [0.15, 0.2) is 18.2 Å². The molecule has 0 aromatic heterocycles. The smallest absolute Gasteiger partial charge is 0.0508 e. The summed E-state index contributed by atoms with van der Waals surface area (Å²) in [5.74, 6) is 6.26. The molecule has 0 amide bonds. The Morgan fingerprint density at radius 1 is 1.39 bits per heavy atom. The van der Waals surface area contributed by atoms with Gasteiger partial charge in [-0.1, -0.05) is 43.5 Å². The number of hydrazine groups is 1. The fraction of sp³-hybridized carbons (Fsp3) is 0.571. The van der Waals surface area contributed by atoms with E-state index < -0.39 is 0 Å². The van der Waals surface area contributed by atoms with Gasteiger partial charge in [0.05, 0.1) is 6.04 Å². The van der Waals surface area contributed by atoms with Crippen molar-refractivity contribution >= 4 is 23.2 Å². The molecule has 0 radical (unpaired) electrons. The first-order valence-electron chi connectivity index (χ1n) is 6.37. The van der Waals surface area contributed by atoms with Crippen molar-refractivity contribution in [3.8, 4) is 0 Å². The first-order valence-corrected chi connectivity index (χ1v) is 7.12. The Morgan fingerprint density at radius 3 is 2.67 bits per heavy atom. The van der Waals surface area contributed by atoms with Crippen molar-refractivity contribution in [3.63, 3.8) is 0 Å². The summed E-state index contributed by atoms with van der Waals surface area (Å²) in [5, 5.41) is 1.43. The third-order valence-electron chi connectivity index (χ3n) is 4.22. The normalized spacial score (nSPS) is 24.2. The molecule has 2 atom stereocenters. The van der Waals surface area contributed by atoms with Crippen LogP contribution in [-0.4, -0.2) is 0 Å². The molecule has 100 valence electrons. The van der Waals surface area contributed by atoms with E-state index in [4.69, 9.17) is 29.0 Å². The maximum atomic E-state index is 6.29. The van der Waals surface area contributed by atoms with Gasteiger partial charge in [-0.15, -0.1) is 0 Å². The van der Waals surface area contributed by atoms with E-state index in [-0.39, 0.29) is 11.5 Å². The molecule has 0 saturated heterocycles. The third-order valence-corrected chi connectivity index (χ3v) is 4.79. The first kappa shape index (κ1) is 14.1. The van der Waals surface area contributed by atoms with Gasteiger partial charge in [0, 0.05) is 10.0 Å². The molecule has 1 aromatic rings. The zero-order valence-electron chi connectivity index (χ0n) is 10.8. The average molecular weight is 287 g/mol. The van der Waals surface area contributed by atoms with Crippen LogP contribution in [0.5, 0.6) is 0 Å². The van der Waals surface area contributed by atoms with E-state index in [0.717, 1.165) is 10.6 Å². The second-order valence-corrected chi connectivity index (χ2v) is 6.64. The van der Waals surface area contributed by atoms with Crippen molar-refractivity contribution in [2.45, 2.75) is 39.2 Å². The van der Waals surface area contributed by atoms with Gasteiger partial charge in [-0.25, -0.2) is 0 Å². The van der Waals surface area contributed by atoms with Gasteiger partial charge in [0.15, 0.2) is 0 Å². The minimum absolute atomic E-state index is 0.0636. The standard InChI is InChI=1S/C14H20Cl2N2/c1-14(2)7-3-4-11(14)13(18-17)10-8-9(15)5-6-12(10)16/h5-6,8,11,13,18H,3-4,7,17H2,1-2H3. The lowest BCUT2D eigenvalue weighted by atomic mass is 9.75. The first-order chi connectivity index (χ1) is 8.45. The Bertz CT molecular complexity index is 432. The maximum absolute atomic E-state index is 6.29.